The number of nitrogens with one attached hydrogen (secondary N) is 2. The third kappa shape index (κ3) is 8.77. The number of aryl methyl sites for hydroxylation is 1. The predicted molar refractivity (Wildman–Crippen MR) is 110 cm³/mol. The molecule has 142 valence electrons. The van der Waals surface area contributed by atoms with Gasteiger partial charge in [0.2, 0.25) is 11.9 Å². The average molecular weight is 376 g/mol. The fraction of sp³-hybridized carbons (Fsp3) is 0.421. The minimum absolute atomic E-state index is 0.0765. The highest BCUT2D eigenvalue weighted by Crippen LogP contribution is 2.36. The van der Waals surface area contributed by atoms with Gasteiger partial charge in [-0.25, -0.2) is 9.97 Å². The molecule has 6 nitrogen and oxygen atoms in total. The van der Waals surface area contributed by atoms with Gasteiger partial charge in [-0.1, -0.05) is 19.9 Å². The number of hydrogen-bond donors (Lipinski definition) is 2. The standard InChI is InChI=1S/C17H23N4O2P.C2H6/c1-13-9-10-18-17(19-13)21-15-7-4-6-14(12-15)20-16(22)8-5-11-24(2,3)23;1-2/h4,6-7,9-10,12H,5,8,11H2,1-3H3,(H,20,22)(H,18,19,21);1-2H3. The summed E-state index contributed by atoms with van der Waals surface area (Å²) in [5.74, 6) is 0.438. The maximum atomic E-state index is 12.0. The number of amides is 1. The van der Waals surface area contributed by atoms with E-state index in [0.717, 1.165) is 11.4 Å². The monoisotopic (exact) mass is 376 g/mol. The van der Waals surface area contributed by atoms with Crippen molar-refractivity contribution in [1.29, 1.82) is 0 Å². The van der Waals surface area contributed by atoms with Crippen molar-refractivity contribution in [1.82, 2.24) is 9.97 Å². The first-order chi connectivity index (χ1) is 12.3. The van der Waals surface area contributed by atoms with Crippen molar-refractivity contribution in [3.05, 3.63) is 42.2 Å². The van der Waals surface area contributed by atoms with Crippen molar-refractivity contribution >= 4 is 30.4 Å². The van der Waals surface area contributed by atoms with Crippen molar-refractivity contribution in [3.8, 4) is 0 Å². The molecule has 0 atom stereocenters. The van der Waals surface area contributed by atoms with Crippen LogP contribution in [0.3, 0.4) is 0 Å². The van der Waals surface area contributed by atoms with E-state index < -0.39 is 7.14 Å². The normalized spacial score (nSPS) is 10.5. The van der Waals surface area contributed by atoms with Gasteiger partial charge in [0.25, 0.3) is 0 Å². The van der Waals surface area contributed by atoms with Gasteiger partial charge in [-0.2, -0.15) is 0 Å². The summed E-state index contributed by atoms with van der Waals surface area (Å²) >= 11 is 0. The Bertz CT molecular complexity index is 759. The van der Waals surface area contributed by atoms with Crippen molar-refractivity contribution in [2.24, 2.45) is 0 Å². The van der Waals surface area contributed by atoms with Crippen LogP contribution in [-0.2, 0) is 9.36 Å². The summed E-state index contributed by atoms with van der Waals surface area (Å²) in [5, 5.41) is 5.97. The summed E-state index contributed by atoms with van der Waals surface area (Å²) in [5.41, 5.74) is 2.37. The second kappa shape index (κ2) is 10.7. The van der Waals surface area contributed by atoms with Crippen LogP contribution in [0.5, 0.6) is 0 Å². The van der Waals surface area contributed by atoms with Crippen LogP contribution in [0, 0.1) is 6.92 Å². The van der Waals surface area contributed by atoms with E-state index in [9.17, 15) is 9.36 Å². The molecular weight excluding hydrogens is 347 g/mol. The molecule has 0 aliphatic heterocycles. The molecule has 1 heterocycles. The van der Waals surface area contributed by atoms with Crippen LogP contribution in [0.2, 0.25) is 0 Å². The summed E-state index contributed by atoms with van der Waals surface area (Å²) in [7, 11) is -2.06. The van der Waals surface area contributed by atoms with Gasteiger partial charge in [-0.05, 0) is 50.9 Å². The molecular formula is C19H29N4O2P. The van der Waals surface area contributed by atoms with Crippen LogP contribution < -0.4 is 10.6 Å². The molecule has 1 aromatic heterocycles. The number of benzene rings is 1. The number of carbonyl (C=O) groups excluding carboxylic acids is 1. The van der Waals surface area contributed by atoms with Crippen LogP contribution in [0.4, 0.5) is 17.3 Å². The van der Waals surface area contributed by atoms with Crippen molar-refractivity contribution in [2.75, 3.05) is 30.1 Å². The highest BCUT2D eigenvalue weighted by Gasteiger charge is 2.09. The third-order valence-corrected chi connectivity index (χ3v) is 4.69. The maximum Gasteiger partial charge on any atom is 0.227 e. The fourth-order valence-electron chi connectivity index (χ4n) is 2.16. The van der Waals surface area contributed by atoms with E-state index in [2.05, 4.69) is 20.6 Å². The molecule has 2 N–H and O–H groups in total. The molecule has 0 saturated carbocycles. The summed E-state index contributed by atoms with van der Waals surface area (Å²) in [6.07, 6.45) is 3.28. The van der Waals surface area contributed by atoms with E-state index in [1.807, 2.05) is 51.1 Å². The van der Waals surface area contributed by atoms with Gasteiger partial charge in [-0.15, -0.1) is 0 Å². The smallest absolute Gasteiger partial charge is 0.227 e. The van der Waals surface area contributed by atoms with E-state index in [-0.39, 0.29) is 5.91 Å². The zero-order chi connectivity index (χ0) is 19.6. The predicted octanol–water partition coefficient (Wildman–Crippen LogP) is 4.90. The van der Waals surface area contributed by atoms with E-state index in [1.165, 1.54) is 0 Å². The third-order valence-electron chi connectivity index (χ3n) is 3.30. The molecule has 1 aromatic carbocycles. The number of anilines is 3. The molecule has 1 amide bonds. The number of carbonyl (C=O) groups is 1. The fourth-order valence-corrected chi connectivity index (χ4v) is 3.08. The maximum absolute atomic E-state index is 12.0. The largest absolute Gasteiger partial charge is 0.326 e. The quantitative estimate of drug-likeness (QED) is 0.672. The lowest BCUT2D eigenvalue weighted by Crippen LogP contribution is -2.12. The molecule has 2 aromatic rings. The van der Waals surface area contributed by atoms with Gasteiger partial charge in [-0.3, -0.25) is 4.79 Å². The number of aromatic nitrogens is 2. The molecule has 7 heteroatoms. The van der Waals surface area contributed by atoms with Gasteiger partial charge in [0.15, 0.2) is 0 Å². The molecule has 0 radical (unpaired) electrons. The highest BCUT2D eigenvalue weighted by atomic mass is 31.2. The summed E-state index contributed by atoms with van der Waals surface area (Å²) < 4.78 is 11.6. The summed E-state index contributed by atoms with van der Waals surface area (Å²) in [6.45, 7) is 9.38. The SMILES string of the molecule is CC.Cc1ccnc(Nc2cccc(NC(=O)CCCP(C)(C)=O)c2)n1. The molecule has 0 saturated heterocycles. The Balaban J connectivity index is 0.00000163. The van der Waals surface area contributed by atoms with Gasteiger partial charge in [0.1, 0.15) is 0 Å². The van der Waals surface area contributed by atoms with Crippen LogP contribution in [0.1, 0.15) is 32.4 Å². The summed E-state index contributed by atoms with van der Waals surface area (Å²) in [4.78, 5) is 20.4. The lowest BCUT2D eigenvalue weighted by molar-refractivity contribution is -0.116. The van der Waals surface area contributed by atoms with Gasteiger partial charge in [0.05, 0.1) is 7.14 Å². The van der Waals surface area contributed by atoms with Crippen LogP contribution in [-0.4, -0.2) is 35.4 Å². The van der Waals surface area contributed by atoms with E-state index >= 15 is 0 Å². The van der Waals surface area contributed by atoms with E-state index in [0.29, 0.717) is 30.6 Å². The van der Waals surface area contributed by atoms with Crippen LogP contribution >= 0.6 is 7.14 Å². The minimum Gasteiger partial charge on any atom is -0.326 e. The molecule has 0 aliphatic rings. The van der Waals surface area contributed by atoms with Crippen molar-refractivity contribution < 1.29 is 9.36 Å². The molecule has 26 heavy (non-hydrogen) atoms. The summed E-state index contributed by atoms with van der Waals surface area (Å²) in [6, 6.07) is 9.21. The van der Waals surface area contributed by atoms with E-state index in [4.69, 9.17) is 0 Å². The topological polar surface area (TPSA) is 84.0 Å². The average Bonchev–Trinajstić information content (AvgIpc) is 2.56. The van der Waals surface area contributed by atoms with E-state index in [1.54, 1.807) is 19.5 Å². The van der Waals surface area contributed by atoms with Gasteiger partial charge >= 0.3 is 0 Å². The van der Waals surface area contributed by atoms with Crippen molar-refractivity contribution in [3.63, 3.8) is 0 Å². The second-order valence-electron chi connectivity index (χ2n) is 6.18. The Labute approximate surface area is 156 Å². The Hall–Kier alpha value is -2.20. The molecule has 0 aliphatic carbocycles. The second-order valence-corrected chi connectivity index (χ2v) is 9.77. The zero-order valence-corrected chi connectivity index (χ0v) is 17.1. The Morgan fingerprint density at radius 3 is 2.50 bits per heavy atom. The van der Waals surface area contributed by atoms with Crippen molar-refractivity contribution in [2.45, 2.75) is 33.6 Å². The Morgan fingerprint density at radius 1 is 1.15 bits per heavy atom. The minimum atomic E-state index is -2.06. The Morgan fingerprint density at radius 2 is 1.85 bits per heavy atom. The highest BCUT2D eigenvalue weighted by molar-refractivity contribution is 7.62. The molecule has 0 unspecified atom stereocenters. The first-order valence-corrected chi connectivity index (χ1v) is 11.6. The van der Waals surface area contributed by atoms with Gasteiger partial charge < -0.3 is 15.2 Å². The molecule has 0 bridgehead atoms. The van der Waals surface area contributed by atoms with Crippen LogP contribution in [0.15, 0.2) is 36.5 Å². The molecule has 0 fully saturated rings. The van der Waals surface area contributed by atoms with Crippen LogP contribution in [0.25, 0.3) is 0 Å². The number of nitrogens with zero attached hydrogens (tertiary/aromatic N) is 2. The molecule has 2 rings (SSSR count). The number of hydrogen-bond acceptors (Lipinski definition) is 5. The zero-order valence-electron chi connectivity index (χ0n) is 16.2. The molecule has 0 spiro atoms. The lowest BCUT2D eigenvalue weighted by Gasteiger charge is -2.09. The Kier molecular flexibility index (Phi) is 9.00. The first-order valence-electron chi connectivity index (χ1n) is 8.82. The first kappa shape index (κ1) is 21.8. The number of rotatable bonds is 7. The lowest BCUT2D eigenvalue weighted by atomic mass is 10.2. The van der Waals surface area contributed by atoms with Gasteiger partial charge in [0, 0.05) is 35.8 Å².